The number of likely N-dealkylation sites (tertiary alicyclic amines) is 1. The summed E-state index contributed by atoms with van der Waals surface area (Å²) in [5.41, 5.74) is 3.07. The number of hydrogen-bond acceptors (Lipinski definition) is 3. The fraction of sp³-hybridized carbons (Fsp3) is 0.417. The van der Waals surface area contributed by atoms with Gasteiger partial charge in [0.2, 0.25) is 11.8 Å². The number of aryl methyl sites for hydroxylation is 1. The van der Waals surface area contributed by atoms with Crippen LogP contribution >= 0.6 is 11.6 Å². The van der Waals surface area contributed by atoms with Crippen molar-refractivity contribution in [2.75, 3.05) is 18.5 Å². The van der Waals surface area contributed by atoms with E-state index in [9.17, 15) is 9.59 Å². The maximum absolute atomic E-state index is 12.8. The summed E-state index contributed by atoms with van der Waals surface area (Å²) in [7, 11) is 0. The first kappa shape index (κ1) is 20.7. The van der Waals surface area contributed by atoms with E-state index in [2.05, 4.69) is 5.32 Å². The average Bonchev–Trinajstić information content (AvgIpc) is 3.21. The van der Waals surface area contributed by atoms with Gasteiger partial charge in [0.05, 0.1) is 6.61 Å². The van der Waals surface area contributed by atoms with E-state index in [0.29, 0.717) is 25.9 Å². The van der Waals surface area contributed by atoms with Crippen LogP contribution in [0.25, 0.3) is 0 Å². The van der Waals surface area contributed by atoms with Crippen LogP contribution < -0.4 is 10.1 Å². The molecule has 2 aromatic carbocycles. The molecule has 1 fully saturated rings. The fourth-order valence-electron chi connectivity index (χ4n) is 4.30. The second-order valence-corrected chi connectivity index (χ2v) is 8.41. The Kier molecular flexibility index (Phi) is 6.58. The van der Waals surface area contributed by atoms with Crippen molar-refractivity contribution in [1.29, 1.82) is 0 Å². The van der Waals surface area contributed by atoms with Gasteiger partial charge in [0, 0.05) is 36.1 Å². The summed E-state index contributed by atoms with van der Waals surface area (Å²) in [5.74, 6) is 1.04. The molecule has 1 atom stereocenters. The topological polar surface area (TPSA) is 58.6 Å². The van der Waals surface area contributed by atoms with Crippen molar-refractivity contribution in [3.05, 3.63) is 58.6 Å². The molecule has 0 spiro atoms. The van der Waals surface area contributed by atoms with Gasteiger partial charge >= 0.3 is 0 Å². The van der Waals surface area contributed by atoms with E-state index in [0.717, 1.165) is 59.8 Å². The molecule has 1 N–H and O–H groups in total. The first-order chi connectivity index (χ1) is 14.6. The molecular weight excluding hydrogens is 400 g/mol. The molecule has 2 aliphatic heterocycles. The predicted octanol–water partition coefficient (Wildman–Crippen LogP) is 4.62. The van der Waals surface area contributed by atoms with Gasteiger partial charge in [-0.3, -0.25) is 9.59 Å². The Morgan fingerprint density at radius 2 is 2.07 bits per heavy atom. The normalized spacial score (nSPS) is 18.1. The number of halogens is 1. The Labute approximate surface area is 182 Å². The SMILES string of the molecule is O=C1CCc2cc(OCCCC(=O)N3CCCC3Cc3ccccc3Cl)ccc2N1. The summed E-state index contributed by atoms with van der Waals surface area (Å²) in [6, 6.07) is 13.8. The number of hydrogen-bond donors (Lipinski definition) is 1. The molecule has 2 aromatic rings. The second kappa shape index (κ2) is 9.52. The highest BCUT2D eigenvalue weighted by Crippen LogP contribution is 2.28. The van der Waals surface area contributed by atoms with Gasteiger partial charge in [0.15, 0.2) is 0 Å². The highest BCUT2D eigenvalue weighted by atomic mass is 35.5. The molecule has 2 heterocycles. The van der Waals surface area contributed by atoms with Crippen molar-refractivity contribution in [2.24, 2.45) is 0 Å². The summed E-state index contributed by atoms with van der Waals surface area (Å²) in [4.78, 5) is 26.2. The van der Waals surface area contributed by atoms with Gasteiger partial charge in [-0.05, 0) is 67.5 Å². The third-order valence-electron chi connectivity index (χ3n) is 5.89. The van der Waals surface area contributed by atoms with E-state index in [1.807, 2.05) is 47.4 Å². The van der Waals surface area contributed by atoms with Crippen LogP contribution in [0.2, 0.25) is 5.02 Å². The summed E-state index contributed by atoms with van der Waals surface area (Å²) >= 11 is 6.30. The van der Waals surface area contributed by atoms with Gasteiger partial charge in [-0.25, -0.2) is 0 Å². The van der Waals surface area contributed by atoms with Crippen LogP contribution in [-0.2, 0) is 22.4 Å². The molecule has 158 valence electrons. The number of fused-ring (bicyclic) bond motifs is 1. The lowest BCUT2D eigenvalue weighted by Crippen LogP contribution is -2.36. The minimum absolute atomic E-state index is 0.0597. The zero-order chi connectivity index (χ0) is 20.9. The number of carbonyl (C=O) groups excluding carboxylic acids is 2. The Balaban J connectivity index is 1.24. The van der Waals surface area contributed by atoms with Gasteiger partial charge < -0.3 is 15.0 Å². The smallest absolute Gasteiger partial charge is 0.224 e. The minimum Gasteiger partial charge on any atom is -0.494 e. The zero-order valence-corrected chi connectivity index (χ0v) is 17.8. The first-order valence-corrected chi connectivity index (χ1v) is 11.1. The van der Waals surface area contributed by atoms with Crippen molar-refractivity contribution in [3.63, 3.8) is 0 Å². The quantitative estimate of drug-likeness (QED) is 0.657. The Morgan fingerprint density at radius 3 is 2.93 bits per heavy atom. The molecule has 1 saturated heterocycles. The lowest BCUT2D eigenvalue weighted by atomic mass is 10.0. The molecule has 0 radical (unpaired) electrons. The lowest BCUT2D eigenvalue weighted by molar-refractivity contribution is -0.132. The predicted molar refractivity (Wildman–Crippen MR) is 118 cm³/mol. The van der Waals surface area contributed by atoms with Crippen molar-refractivity contribution in [3.8, 4) is 5.75 Å². The minimum atomic E-state index is 0.0597. The molecule has 30 heavy (non-hydrogen) atoms. The highest BCUT2D eigenvalue weighted by Gasteiger charge is 2.28. The molecule has 1 unspecified atom stereocenters. The lowest BCUT2D eigenvalue weighted by Gasteiger charge is -2.25. The van der Waals surface area contributed by atoms with Crippen molar-refractivity contribution >= 4 is 29.1 Å². The van der Waals surface area contributed by atoms with Crippen LogP contribution in [-0.4, -0.2) is 35.9 Å². The highest BCUT2D eigenvalue weighted by molar-refractivity contribution is 6.31. The molecular formula is C24H27ClN2O3. The third-order valence-corrected chi connectivity index (χ3v) is 6.26. The van der Waals surface area contributed by atoms with E-state index >= 15 is 0 Å². The molecule has 5 nitrogen and oxygen atoms in total. The van der Waals surface area contributed by atoms with Crippen LogP contribution in [0.4, 0.5) is 5.69 Å². The number of rotatable bonds is 7. The van der Waals surface area contributed by atoms with Crippen LogP contribution in [0, 0.1) is 0 Å². The number of ether oxygens (including phenoxy) is 1. The van der Waals surface area contributed by atoms with Crippen LogP contribution in [0.15, 0.2) is 42.5 Å². The second-order valence-electron chi connectivity index (χ2n) is 8.00. The van der Waals surface area contributed by atoms with Gasteiger partial charge in [-0.1, -0.05) is 29.8 Å². The van der Waals surface area contributed by atoms with E-state index in [1.165, 1.54) is 0 Å². The number of nitrogens with zero attached hydrogens (tertiary/aromatic N) is 1. The Bertz CT molecular complexity index is 930. The van der Waals surface area contributed by atoms with E-state index in [4.69, 9.17) is 16.3 Å². The van der Waals surface area contributed by atoms with Crippen molar-refractivity contribution in [1.82, 2.24) is 4.90 Å². The monoisotopic (exact) mass is 426 g/mol. The van der Waals surface area contributed by atoms with Gasteiger partial charge in [-0.2, -0.15) is 0 Å². The average molecular weight is 427 g/mol. The van der Waals surface area contributed by atoms with Crippen LogP contribution in [0.1, 0.15) is 43.2 Å². The van der Waals surface area contributed by atoms with Gasteiger partial charge in [0.1, 0.15) is 5.75 Å². The molecule has 0 aliphatic carbocycles. The maximum atomic E-state index is 12.8. The maximum Gasteiger partial charge on any atom is 0.224 e. The zero-order valence-electron chi connectivity index (χ0n) is 17.0. The van der Waals surface area contributed by atoms with E-state index in [-0.39, 0.29) is 17.9 Å². The molecule has 2 aliphatic rings. The van der Waals surface area contributed by atoms with E-state index < -0.39 is 0 Å². The summed E-state index contributed by atoms with van der Waals surface area (Å²) in [5, 5.41) is 3.65. The van der Waals surface area contributed by atoms with Crippen molar-refractivity contribution < 1.29 is 14.3 Å². The molecule has 2 amide bonds. The molecule has 0 aromatic heterocycles. The van der Waals surface area contributed by atoms with Crippen LogP contribution in [0.5, 0.6) is 5.75 Å². The standard InChI is InChI=1S/C24H27ClN2O3/c25-21-7-2-1-5-17(21)15-19-6-3-13-27(19)24(29)8-4-14-30-20-10-11-22-18(16-20)9-12-23(28)26-22/h1-2,5,7,10-11,16,19H,3-4,6,8-9,12-15H2,(H,26,28). The molecule has 0 saturated carbocycles. The van der Waals surface area contributed by atoms with E-state index in [1.54, 1.807) is 0 Å². The number of anilines is 1. The fourth-order valence-corrected chi connectivity index (χ4v) is 4.51. The largest absolute Gasteiger partial charge is 0.494 e. The van der Waals surface area contributed by atoms with Gasteiger partial charge in [0.25, 0.3) is 0 Å². The Hall–Kier alpha value is -2.53. The number of carbonyl (C=O) groups is 2. The molecule has 6 heteroatoms. The summed E-state index contributed by atoms with van der Waals surface area (Å²) in [6.07, 6.45) is 5.30. The molecule has 4 rings (SSSR count). The van der Waals surface area contributed by atoms with Crippen molar-refractivity contribution in [2.45, 2.75) is 51.0 Å². The number of amides is 2. The van der Waals surface area contributed by atoms with Gasteiger partial charge in [-0.15, -0.1) is 0 Å². The third kappa shape index (κ3) is 4.96. The number of benzene rings is 2. The summed E-state index contributed by atoms with van der Waals surface area (Å²) < 4.78 is 5.85. The molecule has 0 bridgehead atoms. The summed E-state index contributed by atoms with van der Waals surface area (Å²) in [6.45, 7) is 1.32. The van der Waals surface area contributed by atoms with Crippen LogP contribution in [0.3, 0.4) is 0 Å². The Morgan fingerprint density at radius 1 is 1.20 bits per heavy atom. The first-order valence-electron chi connectivity index (χ1n) is 10.7. The number of nitrogens with one attached hydrogen (secondary N) is 1.